The largest absolute Gasteiger partial charge is 0.360 e. The lowest BCUT2D eigenvalue weighted by molar-refractivity contribution is 0.563. The Kier molecular flexibility index (Phi) is 1.87. The standard InChI is InChI=1S/C9H6NOS/c11-6-7-5-10-8-3-1-2-4-9(8)12-7/h1-5,10H. The molecule has 3 heteroatoms. The number of anilines is 1. The summed E-state index contributed by atoms with van der Waals surface area (Å²) in [4.78, 5) is 12.0. The van der Waals surface area contributed by atoms with E-state index >= 15 is 0 Å². The third kappa shape index (κ3) is 1.23. The SMILES string of the molecule is O=[C]C1=CNc2ccccc2S1. The molecule has 1 aliphatic heterocycles. The van der Waals surface area contributed by atoms with Crippen molar-refractivity contribution in [3.63, 3.8) is 0 Å². The minimum absolute atomic E-state index is 0.591. The summed E-state index contributed by atoms with van der Waals surface area (Å²) in [5, 5.41) is 3.02. The molecule has 0 bridgehead atoms. The first kappa shape index (κ1) is 7.43. The Balaban J connectivity index is 2.36. The molecule has 2 nitrogen and oxygen atoms in total. The van der Waals surface area contributed by atoms with Crippen molar-refractivity contribution in [3.05, 3.63) is 35.4 Å². The van der Waals surface area contributed by atoms with Gasteiger partial charge in [-0.05, 0) is 12.1 Å². The first-order valence-electron chi connectivity index (χ1n) is 3.52. The molecule has 1 aromatic rings. The van der Waals surface area contributed by atoms with E-state index in [0.717, 1.165) is 10.6 Å². The predicted molar refractivity (Wildman–Crippen MR) is 49.7 cm³/mol. The Labute approximate surface area is 74.7 Å². The van der Waals surface area contributed by atoms with Crippen molar-refractivity contribution in [1.82, 2.24) is 0 Å². The quantitative estimate of drug-likeness (QED) is 0.710. The van der Waals surface area contributed by atoms with E-state index in [1.54, 1.807) is 6.20 Å². The molecule has 0 aliphatic carbocycles. The Morgan fingerprint density at radius 2 is 2.17 bits per heavy atom. The lowest BCUT2D eigenvalue weighted by Gasteiger charge is -2.13. The van der Waals surface area contributed by atoms with Crippen LogP contribution in [0.4, 0.5) is 5.69 Å². The van der Waals surface area contributed by atoms with E-state index in [9.17, 15) is 4.79 Å². The topological polar surface area (TPSA) is 29.1 Å². The Bertz CT molecular complexity index is 346. The lowest BCUT2D eigenvalue weighted by atomic mass is 10.3. The number of hydrogen-bond donors (Lipinski definition) is 1. The minimum Gasteiger partial charge on any atom is -0.360 e. The molecule has 1 aliphatic rings. The second-order valence-electron chi connectivity index (χ2n) is 2.35. The highest BCUT2D eigenvalue weighted by atomic mass is 32.2. The summed E-state index contributed by atoms with van der Waals surface area (Å²) in [6.07, 6.45) is 3.52. The monoisotopic (exact) mass is 176 g/mol. The van der Waals surface area contributed by atoms with Crippen LogP contribution in [0.3, 0.4) is 0 Å². The fraction of sp³-hybridized carbons (Fsp3) is 0. The van der Waals surface area contributed by atoms with E-state index in [4.69, 9.17) is 0 Å². The maximum atomic E-state index is 10.3. The van der Waals surface area contributed by atoms with Gasteiger partial charge in [0.05, 0.1) is 10.6 Å². The summed E-state index contributed by atoms with van der Waals surface area (Å²) < 4.78 is 0. The summed E-state index contributed by atoms with van der Waals surface area (Å²) >= 11 is 1.43. The van der Waals surface area contributed by atoms with Gasteiger partial charge in [-0.15, -0.1) is 0 Å². The van der Waals surface area contributed by atoms with E-state index in [1.807, 2.05) is 30.6 Å². The Hall–Kier alpha value is -1.22. The summed E-state index contributed by atoms with van der Waals surface area (Å²) in [6.45, 7) is 0. The van der Waals surface area contributed by atoms with Gasteiger partial charge in [-0.25, -0.2) is 0 Å². The molecule has 1 heterocycles. The van der Waals surface area contributed by atoms with E-state index in [2.05, 4.69) is 5.32 Å². The van der Waals surface area contributed by atoms with Gasteiger partial charge in [0.15, 0.2) is 0 Å². The molecule has 2 rings (SSSR count). The zero-order valence-corrected chi connectivity index (χ0v) is 7.02. The van der Waals surface area contributed by atoms with Crippen LogP contribution in [0, 0.1) is 0 Å². The highest BCUT2D eigenvalue weighted by Gasteiger charge is 2.09. The Morgan fingerprint density at radius 1 is 1.33 bits per heavy atom. The van der Waals surface area contributed by atoms with Gasteiger partial charge < -0.3 is 5.32 Å². The second-order valence-corrected chi connectivity index (χ2v) is 3.44. The van der Waals surface area contributed by atoms with Crippen molar-refractivity contribution >= 4 is 23.7 Å². The van der Waals surface area contributed by atoms with Crippen LogP contribution < -0.4 is 5.32 Å². The number of rotatable bonds is 1. The molecule has 0 atom stereocenters. The highest BCUT2D eigenvalue weighted by molar-refractivity contribution is 8.04. The third-order valence-corrected chi connectivity index (χ3v) is 2.56. The molecule has 1 radical (unpaired) electrons. The molecule has 12 heavy (non-hydrogen) atoms. The van der Waals surface area contributed by atoms with E-state index in [0.29, 0.717) is 4.91 Å². The van der Waals surface area contributed by atoms with E-state index < -0.39 is 0 Å². The van der Waals surface area contributed by atoms with Crippen molar-refractivity contribution < 1.29 is 4.79 Å². The van der Waals surface area contributed by atoms with Gasteiger partial charge in [0.2, 0.25) is 6.29 Å². The van der Waals surface area contributed by atoms with Crippen LogP contribution in [-0.2, 0) is 4.79 Å². The van der Waals surface area contributed by atoms with Gasteiger partial charge in [-0.1, -0.05) is 23.9 Å². The molecule has 0 fully saturated rings. The molecule has 0 saturated carbocycles. The van der Waals surface area contributed by atoms with Crippen molar-refractivity contribution in [2.24, 2.45) is 0 Å². The summed E-state index contributed by atoms with van der Waals surface area (Å²) in [5.41, 5.74) is 1.04. The van der Waals surface area contributed by atoms with Gasteiger partial charge in [0.25, 0.3) is 0 Å². The van der Waals surface area contributed by atoms with Crippen LogP contribution in [0.5, 0.6) is 0 Å². The normalized spacial score (nSPS) is 14.2. The number of benzene rings is 1. The molecule has 0 amide bonds. The molecule has 0 saturated heterocycles. The average molecular weight is 176 g/mol. The predicted octanol–water partition coefficient (Wildman–Crippen LogP) is 2.16. The van der Waals surface area contributed by atoms with Crippen LogP contribution in [-0.4, -0.2) is 6.29 Å². The second kappa shape index (κ2) is 3.03. The lowest BCUT2D eigenvalue weighted by Crippen LogP contribution is -1.97. The van der Waals surface area contributed by atoms with Crippen molar-refractivity contribution in [1.29, 1.82) is 0 Å². The maximum Gasteiger partial charge on any atom is 0.242 e. The van der Waals surface area contributed by atoms with Crippen LogP contribution in [0.2, 0.25) is 0 Å². The van der Waals surface area contributed by atoms with Gasteiger partial charge in [-0.2, -0.15) is 0 Å². The van der Waals surface area contributed by atoms with Crippen LogP contribution >= 0.6 is 11.8 Å². The first-order valence-corrected chi connectivity index (χ1v) is 4.33. The van der Waals surface area contributed by atoms with E-state index in [-0.39, 0.29) is 0 Å². The average Bonchev–Trinajstić information content (AvgIpc) is 2.17. The minimum atomic E-state index is 0.591. The van der Waals surface area contributed by atoms with Crippen molar-refractivity contribution in [2.45, 2.75) is 4.90 Å². The van der Waals surface area contributed by atoms with Crippen LogP contribution in [0.25, 0.3) is 0 Å². The molecule has 59 valence electrons. The van der Waals surface area contributed by atoms with Gasteiger partial charge >= 0.3 is 0 Å². The molecular weight excluding hydrogens is 170 g/mol. The number of allylic oxidation sites excluding steroid dienone is 1. The van der Waals surface area contributed by atoms with E-state index in [1.165, 1.54) is 11.8 Å². The summed E-state index contributed by atoms with van der Waals surface area (Å²) in [6, 6.07) is 7.84. The van der Waals surface area contributed by atoms with Crippen LogP contribution in [0.1, 0.15) is 0 Å². The summed E-state index contributed by atoms with van der Waals surface area (Å²) in [5.74, 6) is 0. The molecule has 0 unspecified atom stereocenters. The molecular formula is C9H6NOS. The number of nitrogens with one attached hydrogen (secondary N) is 1. The number of carbonyl (C=O) groups excluding carboxylic acids is 1. The van der Waals surface area contributed by atoms with Crippen molar-refractivity contribution in [3.8, 4) is 0 Å². The first-order chi connectivity index (χ1) is 5.90. The zero-order valence-electron chi connectivity index (χ0n) is 6.20. The van der Waals surface area contributed by atoms with Gasteiger partial charge in [0.1, 0.15) is 0 Å². The molecule has 0 aromatic heterocycles. The fourth-order valence-electron chi connectivity index (χ4n) is 1.02. The van der Waals surface area contributed by atoms with Gasteiger partial charge in [0, 0.05) is 11.1 Å². The number of thioether (sulfide) groups is 1. The number of para-hydroxylation sites is 1. The van der Waals surface area contributed by atoms with Gasteiger partial charge in [-0.3, -0.25) is 4.79 Å². The maximum absolute atomic E-state index is 10.3. The molecule has 0 spiro atoms. The summed E-state index contributed by atoms with van der Waals surface area (Å²) in [7, 11) is 0. The fourth-order valence-corrected chi connectivity index (χ4v) is 1.80. The Morgan fingerprint density at radius 3 is 3.00 bits per heavy atom. The highest BCUT2D eigenvalue weighted by Crippen LogP contribution is 2.35. The number of fused-ring (bicyclic) bond motifs is 1. The number of hydrogen-bond acceptors (Lipinski definition) is 3. The smallest absolute Gasteiger partial charge is 0.242 e. The van der Waals surface area contributed by atoms with Crippen molar-refractivity contribution in [2.75, 3.05) is 5.32 Å². The zero-order chi connectivity index (χ0) is 8.39. The molecule has 1 aromatic carbocycles. The third-order valence-electron chi connectivity index (χ3n) is 1.57. The van der Waals surface area contributed by atoms with Crippen LogP contribution in [0.15, 0.2) is 40.3 Å². The molecule has 1 N–H and O–H groups in total.